The molecule has 1 atom stereocenters. The number of esters is 1. The van der Waals surface area contributed by atoms with Crippen LogP contribution in [-0.2, 0) is 19.1 Å². The van der Waals surface area contributed by atoms with Crippen LogP contribution in [-0.4, -0.2) is 35.6 Å². The minimum Gasteiger partial charge on any atom is -0.480 e. The van der Waals surface area contributed by atoms with Crippen LogP contribution in [0.4, 0.5) is 0 Å². The van der Waals surface area contributed by atoms with Gasteiger partial charge < -0.3 is 15.2 Å². The van der Waals surface area contributed by atoms with E-state index >= 15 is 0 Å². The van der Waals surface area contributed by atoms with E-state index in [1.807, 2.05) is 24.3 Å². The second-order valence-electron chi connectivity index (χ2n) is 12.1. The molecule has 0 fully saturated rings. The monoisotopic (exact) mass is 666 g/mol. The molecule has 0 aliphatic heterocycles. The summed E-state index contributed by atoms with van der Waals surface area (Å²) in [7, 11) is 0. The molecule has 0 rings (SSSR count). The van der Waals surface area contributed by atoms with Gasteiger partial charge in [0.1, 0.15) is 12.6 Å². The van der Waals surface area contributed by atoms with E-state index in [0.29, 0.717) is 19.3 Å². The Morgan fingerprint density at radius 1 is 0.542 bits per heavy atom. The molecule has 0 bridgehead atoms. The van der Waals surface area contributed by atoms with Crippen LogP contribution >= 0.6 is 0 Å². The zero-order valence-corrected chi connectivity index (χ0v) is 30.3. The molecule has 0 aromatic rings. The zero-order chi connectivity index (χ0) is 35.2. The Labute approximate surface area is 293 Å². The molecular formula is C42H67NO5. The maximum absolute atomic E-state index is 12.5. The molecule has 2 N–H and O–H groups in total. The number of amides is 1. The number of carboxylic acids is 1. The molecule has 0 saturated heterocycles. The highest BCUT2D eigenvalue weighted by atomic mass is 16.5. The van der Waals surface area contributed by atoms with Gasteiger partial charge in [0.25, 0.3) is 0 Å². The largest absolute Gasteiger partial charge is 0.480 e. The second kappa shape index (κ2) is 36.4. The fraction of sp³-hybridized carbons (Fsp3) is 0.595. The van der Waals surface area contributed by atoms with Gasteiger partial charge in [-0.05, 0) is 89.2 Å². The standard InChI is InChI=1S/C42H67NO5/c1-3-5-7-9-10-11-12-13-14-15-16-17-18-19-20-21-22-23-24-29-33-37-42(47)48-39(34-30-26-8-6-4-2)35-31-27-25-28-32-36-40(44)43-38-41(45)46/h5-8,10-11,13-14,16-17,30-31,34-35,39H,3-4,9,12,15,18-29,32-33,36-38H2,1-2H3,(H,43,44)(H,45,46)/b7-5-,8-6-,11-10-,14-13-,17-16-,34-30-,35-31-. The van der Waals surface area contributed by atoms with E-state index in [-0.39, 0.29) is 24.5 Å². The Balaban J connectivity index is 4.02. The summed E-state index contributed by atoms with van der Waals surface area (Å²) in [6.07, 6.45) is 50.4. The summed E-state index contributed by atoms with van der Waals surface area (Å²) in [5.74, 6) is -1.42. The van der Waals surface area contributed by atoms with Gasteiger partial charge in [0.2, 0.25) is 5.91 Å². The number of allylic oxidation sites excluding steroid dienone is 12. The molecule has 6 nitrogen and oxygen atoms in total. The van der Waals surface area contributed by atoms with Crippen LogP contribution in [0, 0.1) is 0 Å². The molecule has 0 spiro atoms. The number of rotatable bonds is 32. The minimum atomic E-state index is -1.04. The van der Waals surface area contributed by atoms with Crippen molar-refractivity contribution in [1.82, 2.24) is 5.32 Å². The van der Waals surface area contributed by atoms with Crippen molar-refractivity contribution in [2.24, 2.45) is 0 Å². The van der Waals surface area contributed by atoms with E-state index in [1.165, 1.54) is 38.5 Å². The van der Waals surface area contributed by atoms with Gasteiger partial charge in [0.05, 0.1) is 0 Å². The van der Waals surface area contributed by atoms with Crippen molar-refractivity contribution in [1.29, 1.82) is 0 Å². The number of hydrogen-bond acceptors (Lipinski definition) is 4. The first-order chi connectivity index (χ1) is 23.5. The van der Waals surface area contributed by atoms with E-state index in [0.717, 1.165) is 77.0 Å². The molecule has 48 heavy (non-hydrogen) atoms. The van der Waals surface area contributed by atoms with Crippen LogP contribution in [0.5, 0.6) is 0 Å². The average Bonchev–Trinajstić information content (AvgIpc) is 3.07. The maximum Gasteiger partial charge on any atom is 0.322 e. The fourth-order valence-electron chi connectivity index (χ4n) is 4.81. The number of unbranched alkanes of at least 4 members (excludes halogenated alkanes) is 11. The third-order valence-corrected chi connectivity index (χ3v) is 7.53. The highest BCUT2D eigenvalue weighted by Gasteiger charge is 2.09. The molecule has 6 heteroatoms. The van der Waals surface area contributed by atoms with Gasteiger partial charge in [-0.3, -0.25) is 14.4 Å². The summed E-state index contributed by atoms with van der Waals surface area (Å²) >= 11 is 0. The molecule has 0 aliphatic carbocycles. The summed E-state index contributed by atoms with van der Waals surface area (Å²) in [6, 6.07) is 0. The molecule has 0 aromatic heterocycles. The van der Waals surface area contributed by atoms with Crippen molar-refractivity contribution in [3.63, 3.8) is 0 Å². The van der Waals surface area contributed by atoms with Gasteiger partial charge in [-0.25, -0.2) is 0 Å². The van der Waals surface area contributed by atoms with Gasteiger partial charge in [-0.2, -0.15) is 0 Å². The summed E-state index contributed by atoms with van der Waals surface area (Å²) in [4.78, 5) is 34.6. The van der Waals surface area contributed by atoms with Crippen molar-refractivity contribution in [2.45, 2.75) is 155 Å². The number of aliphatic carboxylic acids is 1. The van der Waals surface area contributed by atoms with E-state index in [9.17, 15) is 14.4 Å². The first-order valence-electron chi connectivity index (χ1n) is 18.8. The van der Waals surface area contributed by atoms with Crippen LogP contribution in [0.25, 0.3) is 0 Å². The van der Waals surface area contributed by atoms with Crippen molar-refractivity contribution in [3.8, 4) is 0 Å². The van der Waals surface area contributed by atoms with Crippen LogP contribution < -0.4 is 5.32 Å². The van der Waals surface area contributed by atoms with Gasteiger partial charge >= 0.3 is 11.9 Å². The van der Waals surface area contributed by atoms with E-state index in [2.05, 4.69) is 79.9 Å². The molecule has 1 amide bonds. The Morgan fingerprint density at radius 2 is 0.979 bits per heavy atom. The lowest BCUT2D eigenvalue weighted by atomic mass is 10.1. The molecule has 0 heterocycles. The van der Waals surface area contributed by atoms with Crippen LogP contribution in [0.1, 0.15) is 149 Å². The number of carbonyl (C=O) groups excluding carboxylic acids is 2. The van der Waals surface area contributed by atoms with Gasteiger partial charge in [0, 0.05) is 12.8 Å². The third kappa shape index (κ3) is 35.4. The summed E-state index contributed by atoms with van der Waals surface area (Å²) in [5.41, 5.74) is 0. The first-order valence-corrected chi connectivity index (χ1v) is 18.8. The highest BCUT2D eigenvalue weighted by Crippen LogP contribution is 2.13. The molecule has 0 radical (unpaired) electrons. The maximum atomic E-state index is 12.5. The third-order valence-electron chi connectivity index (χ3n) is 7.53. The first kappa shape index (κ1) is 44.6. The molecule has 270 valence electrons. The molecule has 0 aromatic carbocycles. The van der Waals surface area contributed by atoms with Crippen molar-refractivity contribution < 1.29 is 24.2 Å². The summed E-state index contributed by atoms with van der Waals surface area (Å²) in [5, 5.41) is 11.0. The summed E-state index contributed by atoms with van der Waals surface area (Å²) in [6.45, 7) is 3.92. The Morgan fingerprint density at radius 3 is 1.56 bits per heavy atom. The number of carboxylic acid groups (broad SMARTS) is 1. The molecule has 1 unspecified atom stereocenters. The Bertz CT molecular complexity index is 1000. The van der Waals surface area contributed by atoms with Crippen molar-refractivity contribution in [3.05, 3.63) is 85.1 Å². The zero-order valence-electron chi connectivity index (χ0n) is 30.3. The average molecular weight is 666 g/mol. The lowest BCUT2D eigenvalue weighted by molar-refractivity contribution is -0.145. The van der Waals surface area contributed by atoms with Crippen molar-refractivity contribution >= 4 is 17.8 Å². The van der Waals surface area contributed by atoms with E-state index in [4.69, 9.17) is 9.84 Å². The normalized spacial score (nSPS) is 13.0. The number of carbonyl (C=O) groups is 3. The van der Waals surface area contributed by atoms with Crippen LogP contribution in [0.3, 0.4) is 0 Å². The smallest absolute Gasteiger partial charge is 0.322 e. The summed E-state index contributed by atoms with van der Waals surface area (Å²) < 4.78 is 5.75. The lowest BCUT2D eigenvalue weighted by Gasteiger charge is -2.11. The molecule has 0 saturated carbocycles. The highest BCUT2D eigenvalue weighted by molar-refractivity contribution is 5.80. The van der Waals surface area contributed by atoms with Crippen molar-refractivity contribution in [2.75, 3.05) is 6.54 Å². The quantitative estimate of drug-likeness (QED) is 0.0424. The Hall–Kier alpha value is -3.41. The minimum absolute atomic E-state index is 0.151. The van der Waals surface area contributed by atoms with Gasteiger partial charge in [-0.1, -0.05) is 132 Å². The van der Waals surface area contributed by atoms with Crippen LogP contribution in [0.15, 0.2) is 85.1 Å². The van der Waals surface area contributed by atoms with E-state index < -0.39 is 5.97 Å². The number of ether oxygens (including phenoxy) is 1. The number of hydrogen-bond donors (Lipinski definition) is 2. The SMILES string of the molecule is CC/C=C\C/C=C\C/C=C\C/C=C\CCCCCCCCCCC(=O)OC(/C=C\C/C=C\CC)/C=C\CCCCCC(=O)NCC(=O)O. The van der Waals surface area contributed by atoms with E-state index in [1.54, 1.807) is 0 Å². The predicted molar refractivity (Wildman–Crippen MR) is 203 cm³/mol. The second-order valence-corrected chi connectivity index (χ2v) is 12.1. The number of nitrogens with one attached hydrogen (secondary N) is 1. The Kier molecular flexibility index (Phi) is 33.8. The van der Waals surface area contributed by atoms with Gasteiger partial charge in [-0.15, -0.1) is 0 Å². The predicted octanol–water partition coefficient (Wildman–Crippen LogP) is 11.2. The van der Waals surface area contributed by atoms with Crippen LogP contribution in [0.2, 0.25) is 0 Å². The molecular weight excluding hydrogens is 598 g/mol. The van der Waals surface area contributed by atoms with Gasteiger partial charge in [0.15, 0.2) is 0 Å². The lowest BCUT2D eigenvalue weighted by Crippen LogP contribution is -2.28. The molecule has 0 aliphatic rings. The topological polar surface area (TPSA) is 92.7 Å². The fourth-order valence-corrected chi connectivity index (χ4v) is 4.81.